The second-order valence-electron chi connectivity index (χ2n) is 6.80. The number of rotatable bonds is 8. The Morgan fingerprint density at radius 3 is 2.21 bits per heavy atom. The molecule has 0 saturated heterocycles. The van der Waals surface area contributed by atoms with E-state index in [-0.39, 0.29) is 5.91 Å². The molecule has 2 aromatic carbocycles. The van der Waals surface area contributed by atoms with Gasteiger partial charge in [0.1, 0.15) is 24.3 Å². The predicted octanol–water partition coefficient (Wildman–Crippen LogP) is 3.68. The van der Waals surface area contributed by atoms with Gasteiger partial charge in [0.05, 0.1) is 21.3 Å². The zero-order chi connectivity index (χ0) is 23.2. The Kier molecular flexibility index (Phi) is 6.35. The Balaban J connectivity index is 1.46. The predicted molar refractivity (Wildman–Crippen MR) is 123 cm³/mol. The number of imidazole rings is 1. The summed E-state index contributed by atoms with van der Waals surface area (Å²) in [6, 6.07) is 12.3. The Labute approximate surface area is 190 Å². The first kappa shape index (κ1) is 21.6. The van der Waals surface area contributed by atoms with Crippen molar-refractivity contribution in [3.63, 3.8) is 0 Å². The fourth-order valence-corrected chi connectivity index (χ4v) is 3.15. The van der Waals surface area contributed by atoms with Gasteiger partial charge in [-0.2, -0.15) is 0 Å². The lowest BCUT2D eigenvalue weighted by molar-refractivity contribution is 0.102. The minimum Gasteiger partial charge on any atom is -0.493 e. The number of methoxy groups -OCH3 is 3. The average molecular weight is 446 g/mol. The highest BCUT2D eigenvalue weighted by Gasteiger charge is 2.17. The van der Waals surface area contributed by atoms with Gasteiger partial charge >= 0.3 is 0 Å². The third-order valence-corrected chi connectivity index (χ3v) is 4.76. The molecule has 0 radical (unpaired) electrons. The summed E-state index contributed by atoms with van der Waals surface area (Å²) in [6.45, 7) is 0. The molecule has 4 aromatic rings. The van der Waals surface area contributed by atoms with E-state index in [1.165, 1.54) is 27.7 Å². The highest BCUT2D eigenvalue weighted by atomic mass is 16.5. The Morgan fingerprint density at radius 2 is 1.61 bits per heavy atom. The summed E-state index contributed by atoms with van der Waals surface area (Å²) >= 11 is 0. The van der Waals surface area contributed by atoms with Crippen LogP contribution in [0.1, 0.15) is 10.4 Å². The number of nitrogens with zero attached hydrogens (tertiary/aromatic N) is 4. The van der Waals surface area contributed by atoms with Gasteiger partial charge in [-0.25, -0.2) is 15.0 Å². The summed E-state index contributed by atoms with van der Waals surface area (Å²) < 4.78 is 17.7. The molecule has 0 spiro atoms. The zero-order valence-corrected chi connectivity index (χ0v) is 18.3. The van der Waals surface area contributed by atoms with Gasteiger partial charge in [0.15, 0.2) is 11.5 Å². The van der Waals surface area contributed by atoms with Gasteiger partial charge in [-0.3, -0.25) is 9.36 Å². The van der Waals surface area contributed by atoms with Crippen LogP contribution in [0.4, 0.5) is 17.2 Å². The molecule has 10 nitrogen and oxygen atoms in total. The van der Waals surface area contributed by atoms with Crippen LogP contribution in [0.15, 0.2) is 67.5 Å². The minimum atomic E-state index is -0.310. The highest BCUT2D eigenvalue weighted by Crippen LogP contribution is 2.38. The molecule has 168 valence electrons. The highest BCUT2D eigenvalue weighted by molar-refractivity contribution is 6.05. The molecule has 0 atom stereocenters. The van der Waals surface area contributed by atoms with Crippen molar-refractivity contribution >= 4 is 23.1 Å². The van der Waals surface area contributed by atoms with Crippen molar-refractivity contribution in [3.8, 4) is 23.1 Å². The van der Waals surface area contributed by atoms with Crippen LogP contribution < -0.4 is 24.8 Å². The average Bonchev–Trinajstić information content (AvgIpc) is 3.39. The second-order valence-corrected chi connectivity index (χ2v) is 6.80. The van der Waals surface area contributed by atoms with E-state index < -0.39 is 0 Å². The van der Waals surface area contributed by atoms with Gasteiger partial charge in [-0.1, -0.05) is 0 Å². The first-order valence-corrected chi connectivity index (χ1v) is 9.90. The molecule has 0 saturated carbocycles. The molecule has 2 heterocycles. The smallest absolute Gasteiger partial charge is 0.255 e. The molecule has 0 bridgehead atoms. The van der Waals surface area contributed by atoms with Gasteiger partial charge in [-0.05, 0) is 36.4 Å². The van der Waals surface area contributed by atoms with Crippen molar-refractivity contribution in [2.75, 3.05) is 32.0 Å². The third kappa shape index (κ3) is 4.85. The van der Waals surface area contributed by atoms with Crippen molar-refractivity contribution in [3.05, 3.63) is 73.1 Å². The molecule has 4 rings (SSSR count). The van der Waals surface area contributed by atoms with Crippen molar-refractivity contribution in [2.45, 2.75) is 0 Å². The SMILES string of the molecule is COc1cc(C(=O)Nc2ccc(Nc3cc(-n4ccnc4)ncn3)cc2)cc(OC)c1OC. The number of nitrogens with one attached hydrogen (secondary N) is 2. The van der Waals surface area contributed by atoms with E-state index in [0.29, 0.717) is 40.1 Å². The summed E-state index contributed by atoms with van der Waals surface area (Å²) in [6.07, 6.45) is 6.62. The third-order valence-electron chi connectivity index (χ3n) is 4.76. The summed E-state index contributed by atoms with van der Waals surface area (Å²) in [5.41, 5.74) is 1.80. The van der Waals surface area contributed by atoms with Crippen LogP contribution in [0.5, 0.6) is 17.2 Å². The fraction of sp³-hybridized carbons (Fsp3) is 0.130. The summed E-state index contributed by atoms with van der Waals surface area (Å²) in [7, 11) is 4.51. The van der Waals surface area contributed by atoms with Crippen LogP contribution in [-0.4, -0.2) is 46.8 Å². The maximum Gasteiger partial charge on any atom is 0.255 e. The van der Waals surface area contributed by atoms with Crippen molar-refractivity contribution in [1.29, 1.82) is 0 Å². The molecular formula is C23H22N6O4. The molecule has 33 heavy (non-hydrogen) atoms. The molecule has 1 amide bonds. The molecular weight excluding hydrogens is 424 g/mol. The Bertz CT molecular complexity index is 1220. The van der Waals surface area contributed by atoms with Crippen molar-refractivity contribution in [1.82, 2.24) is 19.5 Å². The van der Waals surface area contributed by atoms with Gasteiger partial charge < -0.3 is 24.8 Å². The number of amides is 1. The van der Waals surface area contributed by atoms with Crippen LogP contribution in [0.2, 0.25) is 0 Å². The van der Waals surface area contributed by atoms with Crippen LogP contribution in [-0.2, 0) is 0 Å². The van der Waals surface area contributed by atoms with Crippen LogP contribution in [0, 0.1) is 0 Å². The van der Waals surface area contributed by atoms with Gasteiger partial charge in [0, 0.05) is 35.4 Å². The van der Waals surface area contributed by atoms with E-state index in [1.54, 1.807) is 47.6 Å². The van der Waals surface area contributed by atoms with Crippen molar-refractivity contribution in [2.24, 2.45) is 0 Å². The largest absolute Gasteiger partial charge is 0.493 e. The first-order chi connectivity index (χ1) is 16.1. The van der Waals surface area contributed by atoms with Gasteiger partial charge in [0.25, 0.3) is 5.91 Å². The summed E-state index contributed by atoms with van der Waals surface area (Å²) in [5.74, 6) is 2.24. The summed E-state index contributed by atoms with van der Waals surface area (Å²) in [4.78, 5) is 25.3. The number of hydrogen-bond acceptors (Lipinski definition) is 8. The maximum absolute atomic E-state index is 12.8. The number of ether oxygens (including phenoxy) is 3. The molecule has 0 aliphatic rings. The lowest BCUT2D eigenvalue weighted by Crippen LogP contribution is -2.12. The number of carbonyl (C=O) groups is 1. The lowest BCUT2D eigenvalue weighted by atomic mass is 10.1. The van der Waals surface area contributed by atoms with Crippen LogP contribution in [0.3, 0.4) is 0 Å². The second kappa shape index (κ2) is 9.69. The van der Waals surface area contributed by atoms with E-state index in [4.69, 9.17) is 14.2 Å². The summed E-state index contributed by atoms with van der Waals surface area (Å²) in [5, 5.41) is 6.08. The normalized spacial score (nSPS) is 10.4. The number of hydrogen-bond donors (Lipinski definition) is 2. The maximum atomic E-state index is 12.8. The van der Waals surface area contributed by atoms with E-state index in [1.807, 2.05) is 18.2 Å². The number of anilines is 3. The van der Waals surface area contributed by atoms with E-state index in [0.717, 1.165) is 5.69 Å². The van der Waals surface area contributed by atoms with E-state index in [2.05, 4.69) is 25.6 Å². The van der Waals surface area contributed by atoms with Gasteiger partial charge in [0.2, 0.25) is 5.75 Å². The van der Waals surface area contributed by atoms with Gasteiger partial charge in [-0.15, -0.1) is 0 Å². The monoisotopic (exact) mass is 446 g/mol. The molecule has 0 fully saturated rings. The Hall–Kier alpha value is -4.60. The minimum absolute atomic E-state index is 0.310. The van der Waals surface area contributed by atoms with E-state index in [9.17, 15) is 4.79 Å². The molecule has 0 aliphatic carbocycles. The quantitative estimate of drug-likeness (QED) is 0.422. The standard InChI is InChI=1S/C23H22N6O4/c1-31-18-10-15(11-19(32-2)22(18)33-3)23(30)28-17-6-4-16(5-7-17)27-20-12-21(26-13-25-20)29-9-8-24-14-29/h4-14H,1-3H3,(H,28,30)(H,25,26,27). The Morgan fingerprint density at radius 1 is 0.909 bits per heavy atom. The van der Waals surface area contributed by atoms with Crippen LogP contribution in [0.25, 0.3) is 5.82 Å². The number of benzene rings is 2. The molecule has 2 N–H and O–H groups in total. The molecule has 10 heteroatoms. The molecule has 2 aromatic heterocycles. The molecule has 0 unspecified atom stereocenters. The fourth-order valence-electron chi connectivity index (χ4n) is 3.15. The number of aromatic nitrogens is 4. The van der Waals surface area contributed by atoms with Crippen LogP contribution >= 0.6 is 0 Å². The number of carbonyl (C=O) groups excluding carboxylic acids is 1. The first-order valence-electron chi connectivity index (χ1n) is 9.90. The van der Waals surface area contributed by atoms with E-state index >= 15 is 0 Å². The topological polar surface area (TPSA) is 112 Å². The van der Waals surface area contributed by atoms with Crippen molar-refractivity contribution < 1.29 is 19.0 Å². The molecule has 0 aliphatic heterocycles. The zero-order valence-electron chi connectivity index (χ0n) is 18.3. The lowest BCUT2D eigenvalue weighted by Gasteiger charge is -2.14.